The van der Waals surface area contributed by atoms with Crippen LogP contribution in [0.2, 0.25) is 0 Å². The summed E-state index contributed by atoms with van der Waals surface area (Å²) < 4.78 is 0. The molecule has 1 amide bonds. The first kappa shape index (κ1) is 15.8. The maximum Gasteiger partial charge on any atom is 0.328 e. The first-order valence-corrected chi connectivity index (χ1v) is 6.37. The molecule has 0 spiro atoms. The van der Waals surface area contributed by atoms with Crippen molar-refractivity contribution in [2.24, 2.45) is 0 Å². The summed E-state index contributed by atoms with van der Waals surface area (Å²) in [6.45, 7) is 2.59. The van der Waals surface area contributed by atoms with E-state index < -0.39 is 5.97 Å². The fourth-order valence-electron chi connectivity index (χ4n) is 1.89. The van der Waals surface area contributed by atoms with E-state index >= 15 is 0 Å². The molecule has 0 aliphatic carbocycles. The van der Waals surface area contributed by atoms with E-state index in [0.717, 1.165) is 22.9 Å². The van der Waals surface area contributed by atoms with Crippen molar-refractivity contribution in [2.45, 2.75) is 13.3 Å². The minimum Gasteiger partial charge on any atom is -0.478 e. The molecule has 0 aliphatic rings. The molecule has 0 radical (unpaired) electrons. The number of benzene rings is 1. The van der Waals surface area contributed by atoms with Crippen molar-refractivity contribution in [3.8, 4) is 0 Å². The van der Waals surface area contributed by atoms with Crippen LogP contribution >= 0.6 is 0 Å². The molecule has 0 aliphatic heterocycles. The van der Waals surface area contributed by atoms with Gasteiger partial charge in [0, 0.05) is 38.8 Å². The standard InChI is InChI=1S/C15H20N2O3/c1-11-10-12(5-7-15(19)20)4-6-13(11)17(3)9-8-14(18)16-2/h4-7,10H,8-9H2,1-3H3,(H,16,18)(H,19,20)/b7-5+. The Kier molecular flexibility index (Phi) is 5.77. The fourth-order valence-corrected chi connectivity index (χ4v) is 1.89. The van der Waals surface area contributed by atoms with Gasteiger partial charge in [-0.15, -0.1) is 0 Å². The highest BCUT2D eigenvalue weighted by Crippen LogP contribution is 2.21. The van der Waals surface area contributed by atoms with E-state index in [4.69, 9.17) is 5.11 Å². The van der Waals surface area contributed by atoms with Crippen molar-refractivity contribution >= 4 is 23.6 Å². The Hall–Kier alpha value is -2.30. The number of aliphatic carboxylic acids is 1. The van der Waals surface area contributed by atoms with E-state index in [1.165, 1.54) is 0 Å². The van der Waals surface area contributed by atoms with Crippen LogP contribution in [0.3, 0.4) is 0 Å². The Morgan fingerprint density at radius 3 is 2.65 bits per heavy atom. The normalized spacial score (nSPS) is 10.6. The molecule has 1 rings (SSSR count). The predicted molar refractivity (Wildman–Crippen MR) is 79.8 cm³/mol. The van der Waals surface area contributed by atoms with Gasteiger partial charge >= 0.3 is 5.97 Å². The molecule has 1 aromatic rings. The van der Waals surface area contributed by atoms with Crippen LogP contribution in [0.15, 0.2) is 24.3 Å². The van der Waals surface area contributed by atoms with Gasteiger partial charge in [0.25, 0.3) is 0 Å². The van der Waals surface area contributed by atoms with Gasteiger partial charge in [-0.1, -0.05) is 6.07 Å². The second-order valence-electron chi connectivity index (χ2n) is 4.56. The van der Waals surface area contributed by atoms with Gasteiger partial charge in [0.2, 0.25) is 5.91 Å². The number of amides is 1. The van der Waals surface area contributed by atoms with Gasteiger partial charge in [0.05, 0.1) is 0 Å². The number of anilines is 1. The summed E-state index contributed by atoms with van der Waals surface area (Å²) in [5, 5.41) is 11.2. The van der Waals surface area contributed by atoms with Gasteiger partial charge in [0.1, 0.15) is 0 Å². The topological polar surface area (TPSA) is 69.6 Å². The minimum absolute atomic E-state index is 0.00974. The summed E-state index contributed by atoms with van der Waals surface area (Å²) in [6.07, 6.45) is 3.11. The quantitative estimate of drug-likeness (QED) is 0.775. The Morgan fingerprint density at radius 1 is 1.40 bits per heavy atom. The van der Waals surface area contributed by atoms with Gasteiger partial charge in [-0.05, 0) is 36.3 Å². The van der Waals surface area contributed by atoms with E-state index in [-0.39, 0.29) is 5.91 Å². The molecule has 0 saturated heterocycles. The van der Waals surface area contributed by atoms with Crippen LogP contribution in [0.25, 0.3) is 6.08 Å². The third kappa shape index (κ3) is 4.76. The molecule has 2 N–H and O–H groups in total. The van der Waals surface area contributed by atoms with Crippen molar-refractivity contribution in [3.63, 3.8) is 0 Å². The van der Waals surface area contributed by atoms with Crippen LogP contribution in [-0.2, 0) is 9.59 Å². The summed E-state index contributed by atoms with van der Waals surface area (Å²) in [6, 6.07) is 5.71. The second kappa shape index (κ2) is 7.33. The lowest BCUT2D eigenvalue weighted by Crippen LogP contribution is -2.26. The first-order chi connectivity index (χ1) is 9.43. The molecular formula is C15H20N2O3. The largest absolute Gasteiger partial charge is 0.478 e. The maximum absolute atomic E-state index is 11.2. The number of hydrogen-bond donors (Lipinski definition) is 2. The van der Waals surface area contributed by atoms with Crippen LogP contribution in [0.1, 0.15) is 17.5 Å². The number of rotatable bonds is 6. The third-order valence-corrected chi connectivity index (χ3v) is 3.00. The summed E-state index contributed by atoms with van der Waals surface area (Å²) >= 11 is 0. The molecule has 5 heteroatoms. The van der Waals surface area contributed by atoms with Crippen molar-refractivity contribution in [3.05, 3.63) is 35.4 Å². The summed E-state index contributed by atoms with van der Waals surface area (Å²) in [5.41, 5.74) is 2.91. The monoisotopic (exact) mass is 276 g/mol. The molecule has 5 nitrogen and oxygen atoms in total. The first-order valence-electron chi connectivity index (χ1n) is 6.37. The highest BCUT2D eigenvalue weighted by atomic mass is 16.4. The lowest BCUT2D eigenvalue weighted by Gasteiger charge is -2.21. The SMILES string of the molecule is CNC(=O)CCN(C)c1ccc(/C=C/C(=O)O)cc1C. The number of aryl methyl sites for hydroxylation is 1. The van der Waals surface area contributed by atoms with Crippen molar-refractivity contribution < 1.29 is 14.7 Å². The zero-order chi connectivity index (χ0) is 15.1. The molecule has 20 heavy (non-hydrogen) atoms. The van der Waals surface area contributed by atoms with Gasteiger partial charge < -0.3 is 15.3 Å². The fraction of sp³-hybridized carbons (Fsp3) is 0.333. The van der Waals surface area contributed by atoms with Crippen LogP contribution in [0.5, 0.6) is 0 Å². The van der Waals surface area contributed by atoms with E-state index in [2.05, 4.69) is 5.32 Å². The number of hydrogen-bond acceptors (Lipinski definition) is 3. The van der Waals surface area contributed by atoms with Crippen molar-refractivity contribution in [1.29, 1.82) is 0 Å². The zero-order valence-electron chi connectivity index (χ0n) is 12.0. The van der Waals surface area contributed by atoms with Gasteiger partial charge in [0.15, 0.2) is 0 Å². The maximum atomic E-state index is 11.2. The molecule has 0 fully saturated rings. The van der Waals surface area contributed by atoms with E-state index in [1.807, 2.05) is 37.1 Å². The Balaban J connectivity index is 2.76. The van der Waals surface area contributed by atoms with Gasteiger partial charge in [-0.2, -0.15) is 0 Å². The van der Waals surface area contributed by atoms with Gasteiger partial charge in [-0.3, -0.25) is 4.79 Å². The lowest BCUT2D eigenvalue weighted by atomic mass is 10.1. The highest BCUT2D eigenvalue weighted by molar-refractivity contribution is 5.85. The number of nitrogens with one attached hydrogen (secondary N) is 1. The average Bonchev–Trinajstić information content (AvgIpc) is 2.42. The number of carboxylic acids is 1. The number of carboxylic acid groups (broad SMARTS) is 1. The van der Waals surface area contributed by atoms with E-state index in [1.54, 1.807) is 13.1 Å². The summed E-state index contributed by atoms with van der Waals surface area (Å²) in [5.74, 6) is -0.954. The predicted octanol–water partition coefficient (Wildman–Crippen LogP) is 1.67. The van der Waals surface area contributed by atoms with Gasteiger partial charge in [-0.25, -0.2) is 4.79 Å². The molecular weight excluding hydrogens is 256 g/mol. The molecule has 1 aromatic carbocycles. The lowest BCUT2D eigenvalue weighted by molar-refractivity contribution is -0.131. The zero-order valence-corrected chi connectivity index (χ0v) is 12.0. The number of carbonyl (C=O) groups excluding carboxylic acids is 1. The van der Waals surface area contributed by atoms with Crippen LogP contribution in [0.4, 0.5) is 5.69 Å². The van der Waals surface area contributed by atoms with Crippen molar-refractivity contribution in [1.82, 2.24) is 5.32 Å². The van der Waals surface area contributed by atoms with Crippen LogP contribution in [0, 0.1) is 6.92 Å². The van der Waals surface area contributed by atoms with Crippen LogP contribution in [-0.4, -0.2) is 37.6 Å². The van der Waals surface area contributed by atoms with Crippen molar-refractivity contribution in [2.75, 3.05) is 25.5 Å². The third-order valence-electron chi connectivity index (χ3n) is 3.00. The highest BCUT2D eigenvalue weighted by Gasteiger charge is 2.07. The average molecular weight is 276 g/mol. The molecule has 0 aromatic heterocycles. The molecule has 0 saturated carbocycles. The van der Waals surface area contributed by atoms with E-state index in [9.17, 15) is 9.59 Å². The molecule has 0 unspecified atom stereocenters. The summed E-state index contributed by atoms with van der Waals surface area (Å²) in [7, 11) is 3.55. The Morgan fingerprint density at radius 2 is 2.10 bits per heavy atom. The smallest absolute Gasteiger partial charge is 0.328 e. The number of carbonyl (C=O) groups is 2. The Labute approximate surface area is 118 Å². The molecule has 0 atom stereocenters. The second-order valence-corrected chi connectivity index (χ2v) is 4.56. The Bertz CT molecular complexity index is 524. The number of nitrogens with zero attached hydrogens (tertiary/aromatic N) is 1. The molecule has 0 bridgehead atoms. The molecule has 108 valence electrons. The van der Waals surface area contributed by atoms with E-state index in [0.29, 0.717) is 13.0 Å². The molecule has 0 heterocycles. The minimum atomic E-state index is -0.963. The van der Waals surface area contributed by atoms with Crippen LogP contribution < -0.4 is 10.2 Å². The summed E-state index contributed by atoms with van der Waals surface area (Å²) in [4.78, 5) is 23.7.